The average molecular weight is 605 g/mol. The number of amides is 1. The molecule has 1 saturated heterocycles. The van der Waals surface area contributed by atoms with Gasteiger partial charge in [0.2, 0.25) is 5.95 Å². The van der Waals surface area contributed by atoms with Crippen molar-refractivity contribution in [1.82, 2.24) is 34.9 Å². The molecule has 1 aliphatic heterocycles. The van der Waals surface area contributed by atoms with Gasteiger partial charge in [0.05, 0.1) is 29.8 Å². The van der Waals surface area contributed by atoms with Crippen LogP contribution in [0.15, 0.2) is 55.0 Å². The summed E-state index contributed by atoms with van der Waals surface area (Å²) in [5.74, 6) is -0.749. The summed E-state index contributed by atoms with van der Waals surface area (Å²) >= 11 is 5.89. The molecular formula is C27H25ClF4N8O2. The quantitative estimate of drug-likeness (QED) is 0.278. The molecule has 0 radical (unpaired) electrons. The molecule has 4 aromatic rings. The van der Waals surface area contributed by atoms with Crippen molar-refractivity contribution in [3.8, 4) is 5.82 Å². The van der Waals surface area contributed by atoms with E-state index in [-0.39, 0.29) is 35.0 Å². The molecule has 0 bridgehead atoms. The van der Waals surface area contributed by atoms with Crippen molar-refractivity contribution in [3.63, 3.8) is 0 Å². The highest BCUT2D eigenvalue weighted by atomic mass is 35.5. The van der Waals surface area contributed by atoms with Gasteiger partial charge in [-0.1, -0.05) is 11.6 Å². The monoisotopic (exact) mass is 604 g/mol. The van der Waals surface area contributed by atoms with E-state index < -0.39 is 23.7 Å². The lowest BCUT2D eigenvalue weighted by Gasteiger charge is -2.36. The van der Waals surface area contributed by atoms with Crippen LogP contribution in [-0.2, 0) is 10.9 Å². The summed E-state index contributed by atoms with van der Waals surface area (Å²) in [6, 6.07) is 7.72. The summed E-state index contributed by atoms with van der Waals surface area (Å²) in [4.78, 5) is 27.3. The van der Waals surface area contributed by atoms with Gasteiger partial charge in [-0.3, -0.25) is 14.7 Å². The van der Waals surface area contributed by atoms with Crippen LogP contribution in [0.25, 0.3) is 5.82 Å². The number of halogens is 5. The molecule has 1 atom stereocenters. The van der Waals surface area contributed by atoms with E-state index in [1.807, 2.05) is 4.90 Å². The molecule has 1 aromatic carbocycles. The van der Waals surface area contributed by atoms with Gasteiger partial charge in [0, 0.05) is 55.2 Å². The molecule has 2 N–H and O–H groups in total. The third kappa shape index (κ3) is 6.66. The molecule has 1 unspecified atom stereocenters. The number of ether oxygens (including phenoxy) is 1. The number of anilines is 2. The van der Waals surface area contributed by atoms with Crippen LogP contribution in [0.3, 0.4) is 0 Å². The van der Waals surface area contributed by atoms with E-state index in [4.69, 9.17) is 16.3 Å². The van der Waals surface area contributed by atoms with Crippen molar-refractivity contribution in [2.75, 3.05) is 38.2 Å². The van der Waals surface area contributed by atoms with Crippen LogP contribution in [0.4, 0.5) is 29.2 Å². The third-order valence-electron chi connectivity index (χ3n) is 6.56. The van der Waals surface area contributed by atoms with Gasteiger partial charge < -0.3 is 15.4 Å². The summed E-state index contributed by atoms with van der Waals surface area (Å²) in [6.45, 7) is 3.33. The predicted octanol–water partition coefficient (Wildman–Crippen LogP) is 4.72. The molecule has 42 heavy (non-hydrogen) atoms. The SMILES string of the molecule is Cc1cc(C(F)(F)F)nn1-c1nc(Nc2ccc(F)c(Cl)c2)ncc1C1COCCN1CCNC(=O)c1cccnc1. The first-order valence-corrected chi connectivity index (χ1v) is 13.2. The number of hydrogen-bond acceptors (Lipinski definition) is 8. The van der Waals surface area contributed by atoms with Gasteiger partial charge in [-0.15, -0.1) is 0 Å². The minimum Gasteiger partial charge on any atom is -0.378 e. The van der Waals surface area contributed by atoms with Crippen molar-refractivity contribution in [2.24, 2.45) is 0 Å². The van der Waals surface area contributed by atoms with Gasteiger partial charge in [-0.05, 0) is 43.3 Å². The molecule has 1 aliphatic rings. The number of aryl methyl sites for hydroxylation is 1. The molecule has 10 nitrogen and oxygen atoms in total. The van der Waals surface area contributed by atoms with Crippen LogP contribution in [0, 0.1) is 12.7 Å². The molecule has 0 spiro atoms. The zero-order valence-corrected chi connectivity index (χ0v) is 23.0. The number of carbonyl (C=O) groups is 1. The highest BCUT2D eigenvalue weighted by Gasteiger charge is 2.36. The van der Waals surface area contributed by atoms with E-state index in [0.29, 0.717) is 43.1 Å². The smallest absolute Gasteiger partial charge is 0.378 e. The zero-order valence-electron chi connectivity index (χ0n) is 22.2. The topological polar surface area (TPSA) is 110 Å². The van der Waals surface area contributed by atoms with Gasteiger partial charge in [-0.2, -0.15) is 23.3 Å². The third-order valence-corrected chi connectivity index (χ3v) is 6.85. The van der Waals surface area contributed by atoms with E-state index in [2.05, 4.69) is 30.7 Å². The van der Waals surface area contributed by atoms with Gasteiger partial charge in [0.25, 0.3) is 5.91 Å². The maximum absolute atomic E-state index is 13.6. The number of nitrogens with one attached hydrogen (secondary N) is 2. The maximum atomic E-state index is 13.6. The minimum atomic E-state index is -4.67. The Bertz CT molecular complexity index is 1570. The Balaban J connectivity index is 1.45. The Labute approximate surface area is 242 Å². The van der Waals surface area contributed by atoms with E-state index in [1.165, 1.54) is 31.5 Å². The minimum absolute atomic E-state index is 0.0342. The van der Waals surface area contributed by atoms with E-state index in [9.17, 15) is 22.4 Å². The van der Waals surface area contributed by atoms with Crippen LogP contribution in [0.2, 0.25) is 5.02 Å². The van der Waals surface area contributed by atoms with E-state index in [0.717, 1.165) is 16.8 Å². The van der Waals surface area contributed by atoms with Gasteiger partial charge in [0.1, 0.15) is 5.82 Å². The highest BCUT2D eigenvalue weighted by Crippen LogP contribution is 2.33. The molecule has 15 heteroatoms. The first-order chi connectivity index (χ1) is 20.1. The molecule has 220 valence electrons. The number of morpholine rings is 1. The molecule has 0 saturated carbocycles. The van der Waals surface area contributed by atoms with Crippen molar-refractivity contribution in [1.29, 1.82) is 0 Å². The number of alkyl halides is 3. The summed E-state index contributed by atoms with van der Waals surface area (Å²) in [6.07, 6.45) is -0.136. The molecular weight excluding hydrogens is 580 g/mol. The number of rotatable bonds is 8. The van der Waals surface area contributed by atoms with Gasteiger partial charge >= 0.3 is 6.18 Å². The number of aromatic nitrogens is 5. The Morgan fingerprint density at radius 3 is 2.76 bits per heavy atom. The average Bonchev–Trinajstić information content (AvgIpc) is 3.38. The highest BCUT2D eigenvalue weighted by molar-refractivity contribution is 6.31. The number of nitrogens with zero attached hydrogens (tertiary/aromatic N) is 6. The second-order valence-electron chi connectivity index (χ2n) is 9.43. The standard InChI is InChI=1S/C27H25ClF4N8O2/c1-16-11-23(27(30,31)32)38-40(16)24-19(14-35-26(37-24)36-18-4-5-21(29)20(28)12-18)22-15-42-10-9-39(22)8-7-34-25(41)17-3-2-6-33-13-17/h2-6,11-14,22H,7-10,15H2,1H3,(H,34,41)(H,35,36,37). The number of hydrogen-bond donors (Lipinski definition) is 2. The number of pyridine rings is 1. The molecule has 1 amide bonds. The normalized spacial score (nSPS) is 15.9. The molecule has 3 aromatic heterocycles. The number of benzene rings is 1. The molecule has 1 fully saturated rings. The summed E-state index contributed by atoms with van der Waals surface area (Å²) < 4.78 is 61.1. The first kappa shape index (κ1) is 29.4. The van der Waals surface area contributed by atoms with Crippen LogP contribution < -0.4 is 10.6 Å². The second kappa shape index (κ2) is 12.4. The lowest BCUT2D eigenvalue weighted by Crippen LogP contribution is -2.44. The summed E-state index contributed by atoms with van der Waals surface area (Å²) in [7, 11) is 0. The zero-order chi connectivity index (χ0) is 29.9. The fraction of sp³-hybridized carbons (Fsp3) is 0.296. The van der Waals surface area contributed by atoms with Gasteiger partial charge in [-0.25, -0.2) is 14.1 Å². The summed E-state index contributed by atoms with van der Waals surface area (Å²) in [5, 5.41) is 9.44. The Kier molecular flexibility index (Phi) is 8.66. The maximum Gasteiger partial charge on any atom is 0.435 e. The van der Waals surface area contributed by atoms with E-state index in [1.54, 1.807) is 18.3 Å². The summed E-state index contributed by atoms with van der Waals surface area (Å²) in [5.41, 5.74) is 0.396. The Morgan fingerprint density at radius 1 is 1.21 bits per heavy atom. The van der Waals surface area contributed by atoms with Crippen LogP contribution in [-0.4, -0.2) is 68.4 Å². The van der Waals surface area contributed by atoms with Crippen LogP contribution in [0.1, 0.15) is 33.4 Å². The Hall–Kier alpha value is -4.14. The van der Waals surface area contributed by atoms with Crippen LogP contribution in [0.5, 0.6) is 0 Å². The van der Waals surface area contributed by atoms with Crippen molar-refractivity contribution in [2.45, 2.75) is 19.1 Å². The van der Waals surface area contributed by atoms with Crippen molar-refractivity contribution in [3.05, 3.63) is 88.3 Å². The fourth-order valence-electron chi connectivity index (χ4n) is 4.48. The fourth-order valence-corrected chi connectivity index (χ4v) is 4.66. The molecule has 0 aliphatic carbocycles. The molecule has 5 rings (SSSR count). The number of carbonyl (C=O) groups excluding carboxylic acids is 1. The first-order valence-electron chi connectivity index (χ1n) is 12.8. The lowest BCUT2D eigenvalue weighted by molar-refractivity contribution is -0.141. The van der Waals surface area contributed by atoms with Crippen molar-refractivity contribution >= 4 is 29.1 Å². The van der Waals surface area contributed by atoms with Crippen molar-refractivity contribution < 1.29 is 27.1 Å². The Morgan fingerprint density at radius 2 is 2.05 bits per heavy atom. The predicted molar refractivity (Wildman–Crippen MR) is 145 cm³/mol. The largest absolute Gasteiger partial charge is 0.435 e. The van der Waals surface area contributed by atoms with E-state index >= 15 is 0 Å². The van der Waals surface area contributed by atoms with Gasteiger partial charge in [0.15, 0.2) is 11.5 Å². The lowest BCUT2D eigenvalue weighted by atomic mass is 10.1. The molecule has 4 heterocycles. The van der Waals surface area contributed by atoms with Crippen LogP contribution >= 0.6 is 11.6 Å². The second-order valence-corrected chi connectivity index (χ2v) is 9.84.